The van der Waals surface area contributed by atoms with Crippen molar-refractivity contribution in [2.75, 3.05) is 40.9 Å². The highest BCUT2D eigenvalue weighted by Crippen LogP contribution is 2.43. The van der Waals surface area contributed by atoms with E-state index in [2.05, 4.69) is 55.6 Å². The minimum Gasteiger partial charge on any atom is -0.387 e. The molecule has 0 aliphatic rings. The minimum atomic E-state index is -4.36. The van der Waals surface area contributed by atoms with Crippen molar-refractivity contribution >= 4 is 13.7 Å². The number of hydrogen-bond acceptors (Lipinski definition) is 5. The second kappa shape index (κ2) is 60.1. The highest BCUT2D eigenvalue weighted by molar-refractivity contribution is 7.47. The molecule has 0 radical (unpaired) electrons. The first-order chi connectivity index (χ1) is 38.0. The lowest BCUT2D eigenvalue weighted by molar-refractivity contribution is -0.870. The predicted octanol–water partition coefficient (Wildman–Crippen LogP) is 21.4. The van der Waals surface area contributed by atoms with Crippen molar-refractivity contribution in [1.82, 2.24) is 5.32 Å². The second-order valence-corrected chi connectivity index (χ2v) is 26.0. The topological polar surface area (TPSA) is 105 Å². The average molecular weight is 1120 g/mol. The Kier molecular flexibility index (Phi) is 58.9. The summed E-state index contributed by atoms with van der Waals surface area (Å²) in [6.45, 7) is 4.83. The number of allylic oxidation sites excluding steroid dienone is 7. The van der Waals surface area contributed by atoms with Gasteiger partial charge in [0.1, 0.15) is 13.2 Å². The van der Waals surface area contributed by atoms with E-state index in [9.17, 15) is 19.4 Å². The van der Waals surface area contributed by atoms with Gasteiger partial charge in [-0.15, -0.1) is 0 Å². The summed E-state index contributed by atoms with van der Waals surface area (Å²) in [6.07, 6.45) is 81.2. The van der Waals surface area contributed by atoms with Crippen LogP contribution in [0.2, 0.25) is 0 Å². The van der Waals surface area contributed by atoms with Crippen LogP contribution >= 0.6 is 7.82 Å². The van der Waals surface area contributed by atoms with Gasteiger partial charge in [0, 0.05) is 6.42 Å². The Labute approximate surface area is 486 Å². The van der Waals surface area contributed by atoms with Gasteiger partial charge in [0.05, 0.1) is 39.9 Å². The van der Waals surface area contributed by atoms with Gasteiger partial charge in [-0.05, 0) is 64.2 Å². The van der Waals surface area contributed by atoms with Gasteiger partial charge >= 0.3 is 7.82 Å². The zero-order valence-electron chi connectivity index (χ0n) is 52.7. The quantitative estimate of drug-likeness (QED) is 0.0243. The van der Waals surface area contributed by atoms with Crippen LogP contribution in [0.3, 0.4) is 0 Å². The Morgan fingerprint density at radius 1 is 0.436 bits per heavy atom. The zero-order chi connectivity index (χ0) is 57.0. The monoisotopic (exact) mass is 1120 g/mol. The molecule has 0 saturated carbocycles. The van der Waals surface area contributed by atoms with Crippen molar-refractivity contribution in [3.63, 3.8) is 0 Å². The maximum Gasteiger partial charge on any atom is 0.472 e. The summed E-state index contributed by atoms with van der Waals surface area (Å²) in [4.78, 5) is 23.4. The summed E-state index contributed by atoms with van der Waals surface area (Å²) in [5.74, 6) is -0.181. The van der Waals surface area contributed by atoms with Gasteiger partial charge in [0.15, 0.2) is 0 Å². The van der Waals surface area contributed by atoms with Gasteiger partial charge in [0.2, 0.25) is 5.91 Å². The molecular formula is C69H134N2O6P+. The number of quaternary nitrogens is 1. The molecule has 0 heterocycles. The molecule has 0 aromatic rings. The summed E-state index contributed by atoms with van der Waals surface area (Å²) in [7, 11) is 1.57. The number of aliphatic hydroxyl groups is 1. The number of unbranched alkanes of at least 4 members (excludes halogenated alkanes) is 44. The smallest absolute Gasteiger partial charge is 0.387 e. The van der Waals surface area contributed by atoms with Crippen molar-refractivity contribution in [3.05, 3.63) is 48.6 Å². The number of amides is 1. The molecule has 8 nitrogen and oxygen atoms in total. The van der Waals surface area contributed by atoms with E-state index in [1.807, 2.05) is 27.2 Å². The first-order valence-electron chi connectivity index (χ1n) is 34.0. The lowest BCUT2D eigenvalue weighted by Gasteiger charge is -2.25. The van der Waals surface area contributed by atoms with Crippen LogP contribution in [0.1, 0.15) is 335 Å². The molecule has 0 fully saturated rings. The maximum atomic E-state index is 13.0. The fourth-order valence-corrected chi connectivity index (χ4v) is 10.9. The minimum absolute atomic E-state index is 0.0575. The SMILES string of the molecule is CCCCCCC/C=C\C/C=C\CCCCCCCCCCCCCCCCCCCCCCCCCCCC(=O)NC(COP(=O)(O)OCC[N+](C)(C)C)C(O)/C=C/CC/C=C/CCCCCCCCCCCCCCC. The maximum absolute atomic E-state index is 13.0. The number of phosphoric ester groups is 1. The van der Waals surface area contributed by atoms with Crippen molar-refractivity contribution in [2.45, 2.75) is 347 Å². The lowest BCUT2D eigenvalue weighted by Crippen LogP contribution is -2.45. The number of aliphatic hydroxyl groups excluding tert-OH is 1. The highest BCUT2D eigenvalue weighted by atomic mass is 31.2. The van der Waals surface area contributed by atoms with Crippen molar-refractivity contribution in [3.8, 4) is 0 Å². The summed E-state index contributed by atoms with van der Waals surface area (Å²) in [5.41, 5.74) is 0. The molecule has 0 saturated heterocycles. The molecule has 0 aliphatic carbocycles. The van der Waals surface area contributed by atoms with Crippen LogP contribution in [0, 0.1) is 0 Å². The third kappa shape index (κ3) is 62.1. The van der Waals surface area contributed by atoms with E-state index in [1.54, 1.807) is 6.08 Å². The molecule has 9 heteroatoms. The first-order valence-corrected chi connectivity index (χ1v) is 35.5. The van der Waals surface area contributed by atoms with Crippen LogP contribution in [0.5, 0.6) is 0 Å². The average Bonchev–Trinajstić information content (AvgIpc) is 3.41. The first kappa shape index (κ1) is 76.5. The third-order valence-electron chi connectivity index (χ3n) is 15.5. The highest BCUT2D eigenvalue weighted by Gasteiger charge is 2.28. The molecule has 0 spiro atoms. The summed E-state index contributed by atoms with van der Waals surface area (Å²) in [6, 6.07) is -0.863. The largest absolute Gasteiger partial charge is 0.472 e. The fourth-order valence-electron chi connectivity index (χ4n) is 10.2. The Morgan fingerprint density at radius 3 is 1.10 bits per heavy atom. The second-order valence-electron chi connectivity index (χ2n) is 24.5. The van der Waals surface area contributed by atoms with Crippen LogP contribution in [0.15, 0.2) is 48.6 Å². The van der Waals surface area contributed by atoms with Gasteiger partial charge < -0.3 is 19.8 Å². The van der Waals surface area contributed by atoms with Gasteiger partial charge in [-0.3, -0.25) is 13.8 Å². The van der Waals surface area contributed by atoms with Crippen LogP contribution in [-0.2, 0) is 18.4 Å². The van der Waals surface area contributed by atoms with Crippen molar-refractivity contribution in [1.29, 1.82) is 0 Å². The Hall–Kier alpha value is -1.54. The van der Waals surface area contributed by atoms with Crippen LogP contribution < -0.4 is 5.32 Å². The van der Waals surface area contributed by atoms with Crippen molar-refractivity contribution < 1.29 is 32.9 Å². The number of nitrogens with zero attached hydrogens (tertiary/aromatic N) is 1. The molecule has 460 valence electrons. The molecule has 0 aliphatic heterocycles. The van der Waals surface area contributed by atoms with Crippen molar-refractivity contribution in [2.24, 2.45) is 0 Å². The number of carbonyl (C=O) groups is 1. The number of phosphoric acid groups is 1. The molecule has 3 atom stereocenters. The predicted molar refractivity (Wildman–Crippen MR) is 341 cm³/mol. The van der Waals surface area contributed by atoms with E-state index >= 15 is 0 Å². The summed E-state index contributed by atoms with van der Waals surface area (Å²) in [5, 5.41) is 14.0. The van der Waals surface area contributed by atoms with E-state index in [4.69, 9.17) is 9.05 Å². The number of rotatable bonds is 63. The summed E-state index contributed by atoms with van der Waals surface area (Å²) >= 11 is 0. The normalized spacial score (nSPS) is 14.0. The standard InChI is InChI=1S/C69H133N2O6P/c1-6-8-10-12-14-16-18-20-22-24-26-27-28-29-30-31-32-33-34-35-36-37-38-39-40-41-42-43-45-47-49-51-53-55-57-59-61-63-69(73)70-67(66-77-78(74,75)76-65-64-71(3,4)5)68(72)62-60-58-56-54-52-50-48-46-44-25-23-21-19-17-15-13-11-9-7-2/h18,20,24,26,52,54,60,62,67-68,72H,6-17,19,21-23,25,27-51,53,55-59,61,63-66H2,1-5H3,(H-,70,73,74,75)/p+1/b20-18-,26-24-,54-52+,62-60+. The Morgan fingerprint density at radius 2 is 0.744 bits per heavy atom. The van der Waals surface area contributed by atoms with Crippen LogP contribution in [-0.4, -0.2) is 73.4 Å². The number of likely N-dealkylation sites (N-methyl/N-ethyl adjacent to an activating group) is 1. The molecular weight excluding hydrogens is 984 g/mol. The molecule has 78 heavy (non-hydrogen) atoms. The van der Waals surface area contributed by atoms with Crippen LogP contribution in [0.4, 0.5) is 0 Å². The molecule has 0 aromatic heterocycles. The number of carbonyl (C=O) groups excluding carboxylic acids is 1. The van der Waals surface area contributed by atoms with Gasteiger partial charge in [0.25, 0.3) is 0 Å². The summed E-state index contributed by atoms with van der Waals surface area (Å²) < 4.78 is 23.8. The lowest BCUT2D eigenvalue weighted by atomic mass is 10.0. The Balaban J connectivity index is 3.98. The Bertz CT molecular complexity index is 1410. The van der Waals surface area contributed by atoms with E-state index in [1.165, 1.54) is 270 Å². The molecule has 0 aromatic carbocycles. The van der Waals surface area contributed by atoms with E-state index in [-0.39, 0.29) is 19.1 Å². The molecule has 1 amide bonds. The third-order valence-corrected chi connectivity index (χ3v) is 16.5. The number of nitrogens with one attached hydrogen (secondary N) is 1. The van der Waals surface area contributed by atoms with Gasteiger partial charge in [-0.1, -0.05) is 313 Å². The van der Waals surface area contributed by atoms with E-state index in [0.29, 0.717) is 17.4 Å². The molecule has 0 bridgehead atoms. The number of hydrogen-bond donors (Lipinski definition) is 3. The molecule has 3 unspecified atom stereocenters. The van der Waals surface area contributed by atoms with Gasteiger partial charge in [-0.2, -0.15) is 0 Å². The van der Waals surface area contributed by atoms with E-state index < -0.39 is 20.0 Å². The molecule has 3 N–H and O–H groups in total. The molecule has 0 rings (SSSR count). The fraction of sp³-hybridized carbons (Fsp3) is 0.870. The van der Waals surface area contributed by atoms with E-state index in [0.717, 1.165) is 44.9 Å². The van der Waals surface area contributed by atoms with Crippen LogP contribution in [0.25, 0.3) is 0 Å². The van der Waals surface area contributed by atoms with Gasteiger partial charge in [-0.25, -0.2) is 4.57 Å². The zero-order valence-corrected chi connectivity index (χ0v) is 53.6.